The van der Waals surface area contributed by atoms with E-state index < -0.39 is 6.03 Å². The second-order valence-corrected chi connectivity index (χ2v) is 6.99. The minimum atomic E-state index is -0.410. The van der Waals surface area contributed by atoms with Crippen LogP contribution in [0.5, 0.6) is 0 Å². The highest BCUT2D eigenvalue weighted by atomic mass is 16.2. The molecule has 1 aliphatic heterocycles. The van der Waals surface area contributed by atoms with E-state index in [1.54, 1.807) is 54.9 Å². The molecule has 2 N–H and O–H groups in total. The lowest BCUT2D eigenvalue weighted by Gasteiger charge is -2.35. The van der Waals surface area contributed by atoms with Gasteiger partial charge in [0, 0.05) is 24.6 Å². The molecule has 0 saturated heterocycles. The number of carbonyl (C=O) groups is 3. The molecule has 4 amide bonds. The molecule has 8 nitrogen and oxygen atoms in total. The Bertz CT molecular complexity index is 1090. The third kappa shape index (κ3) is 4.69. The molecular weight excluding hydrogens is 394 g/mol. The summed E-state index contributed by atoms with van der Waals surface area (Å²) in [5, 5.41) is 5.60. The molecule has 1 aromatic heterocycles. The van der Waals surface area contributed by atoms with Gasteiger partial charge in [-0.2, -0.15) is 0 Å². The minimum absolute atomic E-state index is 0.135. The summed E-state index contributed by atoms with van der Waals surface area (Å²) in [5.74, 6) is -0.632. The Balaban J connectivity index is 1.48. The Hall–Kier alpha value is -4.20. The molecule has 0 saturated carbocycles. The summed E-state index contributed by atoms with van der Waals surface area (Å²) in [5.41, 5.74) is 2.58. The highest BCUT2D eigenvalue weighted by Gasteiger charge is 2.33. The van der Waals surface area contributed by atoms with Crippen molar-refractivity contribution >= 4 is 34.9 Å². The van der Waals surface area contributed by atoms with Crippen LogP contribution < -0.4 is 20.4 Å². The number of nitrogens with one attached hydrogen (secondary N) is 2. The zero-order chi connectivity index (χ0) is 21.6. The van der Waals surface area contributed by atoms with E-state index in [1.165, 1.54) is 9.80 Å². The van der Waals surface area contributed by atoms with E-state index in [4.69, 9.17) is 0 Å². The summed E-state index contributed by atoms with van der Waals surface area (Å²) in [6.07, 6.45) is 3.33. The van der Waals surface area contributed by atoms with E-state index in [-0.39, 0.29) is 24.9 Å². The summed E-state index contributed by atoms with van der Waals surface area (Å²) >= 11 is 0. The van der Waals surface area contributed by atoms with Crippen LogP contribution in [0.15, 0.2) is 79.1 Å². The zero-order valence-electron chi connectivity index (χ0n) is 16.7. The van der Waals surface area contributed by atoms with Gasteiger partial charge in [0.15, 0.2) is 0 Å². The number of urea groups is 1. The molecule has 0 aliphatic carbocycles. The van der Waals surface area contributed by atoms with Gasteiger partial charge in [-0.15, -0.1) is 0 Å². The summed E-state index contributed by atoms with van der Waals surface area (Å²) in [6.45, 7) is 0.0256. The second-order valence-electron chi connectivity index (χ2n) is 6.99. The monoisotopic (exact) mass is 415 g/mol. The van der Waals surface area contributed by atoms with E-state index >= 15 is 0 Å². The van der Waals surface area contributed by atoms with Gasteiger partial charge in [-0.3, -0.25) is 24.4 Å². The molecule has 0 bridgehead atoms. The van der Waals surface area contributed by atoms with Crippen molar-refractivity contribution in [3.05, 3.63) is 84.7 Å². The highest BCUT2D eigenvalue weighted by Crippen LogP contribution is 2.33. The first-order valence-electron chi connectivity index (χ1n) is 9.80. The molecule has 0 radical (unpaired) electrons. The number of nitrogens with zero attached hydrogens (tertiary/aromatic N) is 3. The number of hydrogen-bond acceptors (Lipinski definition) is 4. The van der Waals surface area contributed by atoms with Gasteiger partial charge in [0.1, 0.15) is 13.1 Å². The van der Waals surface area contributed by atoms with Crippen LogP contribution in [0.25, 0.3) is 0 Å². The number of carbonyl (C=O) groups excluding carboxylic acids is 3. The van der Waals surface area contributed by atoms with E-state index in [2.05, 4.69) is 15.6 Å². The first-order valence-corrected chi connectivity index (χ1v) is 9.80. The molecule has 31 heavy (non-hydrogen) atoms. The molecule has 0 atom stereocenters. The van der Waals surface area contributed by atoms with Crippen LogP contribution in [-0.2, 0) is 16.1 Å². The maximum atomic E-state index is 12.8. The fraction of sp³-hybridized carbons (Fsp3) is 0.130. The maximum Gasteiger partial charge on any atom is 0.326 e. The van der Waals surface area contributed by atoms with Crippen molar-refractivity contribution in [2.45, 2.75) is 6.54 Å². The molecule has 8 heteroatoms. The third-order valence-electron chi connectivity index (χ3n) is 4.84. The fourth-order valence-electron chi connectivity index (χ4n) is 3.33. The van der Waals surface area contributed by atoms with Crippen molar-refractivity contribution in [2.24, 2.45) is 0 Å². The van der Waals surface area contributed by atoms with Gasteiger partial charge in [0.25, 0.3) is 0 Å². The predicted molar refractivity (Wildman–Crippen MR) is 118 cm³/mol. The summed E-state index contributed by atoms with van der Waals surface area (Å²) in [7, 11) is 0. The second kappa shape index (κ2) is 9.08. The lowest BCUT2D eigenvalue weighted by atomic mass is 10.1. The Labute approximate surface area is 179 Å². The number of pyridine rings is 1. The van der Waals surface area contributed by atoms with Gasteiger partial charge in [-0.1, -0.05) is 36.4 Å². The largest absolute Gasteiger partial charge is 0.350 e. The predicted octanol–water partition coefficient (Wildman–Crippen LogP) is 2.78. The summed E-state index contributed by atoms with van der Waals surface area (Å²) in [4.78, 5) is 45.0. The van der Waals surface area contributed by atoms with E-state index in [1.807, 2.05) is 24.3 Å². The Morgan fingerprint density at radius 3 is 2.42 bits per heavy atom. The Morgan fingerprint density at radius 2 is 1.68 bits per heavy atom. The quantitative estimate of drug-likeness (QED) is 0.670. The number of para-hydroxylation sites is 3. The number of rotatable bonds is 5. The smallest absolute Gasteiger partial charge is 0.326 e. The molecular formula is C23H21N5O3. The van der Waals surface area contributed by atoms with Gasteiger partial charge >= 0.3 is 6.03 Å². The fourth-order valence-corrected chi connectivity index (χ4v) is 3.33. The summed E-state index contributed by atoms with van der Waals surface area (Å²) in [6, 6.07) is 19.3. The van der Waals surface area contributed by atoms with E-state index in [0.717, 1.165) is 5.56 Å². The van der Waals surface area contributed by atoms with Crippen molar-refractivity contribution in [2.75, 3.05) is 28.2 Å². The summed E-state index contributed by atoms with van der Waals surface area (Å²) < 4.78 is 0. The van der Waals surface area contributed by atoms with Crippen LogP contribution in [0, 0.1) is 0 Å². The number of benzene rings is 2. The van der Waals surface area contributed by atoms with Crippen LogP contribution in [0.1, 0.15) is 5.56 Å². The first-order chi connectivity index (χ1) is 15.1. The Morgan fingerprint density at radius 1 is 0.935 bits per heavy atom. The van der Waals surface area contributed by atoms with Crippen molar-refractivity contribution in [1.82, 2.24) is 10.3 Å². The third-order valence-corrected chi connectivity index (χ3v) is 4.84. The normalized spacial score (nSPS) is 12.8. The van der Waals surface area contributed by atoms with Crippen molar-refractivity contribution in [3.63, 3.8) is 0 Å². The van der Waals surface area contributed by atoms with Crippen LogP contribution in [-0.4, -0.2) is 35.9 Å². The van der Waals surface area contributed by atoms with Gasteiger partial charge < -0.3 is 10.6 Å². The molecule has 3 aromatic rings. The van der Waals surface area contributed by atoms with Crippen LogP contribution >= 0.6 is 0 Å². The van der Waals surface area contributed by atoms with Crippen molar-refractivity contribution in [1.29, 1.82) is 0 Å². The molecule has 2 heterocycles. The average Bonchev–Trinajstić information content (AvgIpc) is 2.80. The van der Waals surface area contributed by atoms with Gasteiger partial charge in [0.05, 0.1) is 11.4 Å². The molecule has 1 aliphatic rings. The molecule has 2 aromatic carbocycles. The Kier molecular flexibility index (Phi) is 5.89. The lowest BCUT2D eigenvalue weighted by molar-refractivity contribution is -0.123. The molecule has 4 rings (SSSR count). The SMILES string of the molecule is O=C(CN1C(=O)CN(C(=O)Nc2ccccc2)c2ccccc21)NCc1cccnc1. The topological polar surface area (TPSA) is 94.6 Å². The van der Waals surface area contributed by atoms with E-state index in [9.17, 15) is 14.4 Å². The standard InChI is InChI=1S/C23H21N5O3/c29-21(25-14-17-7-6-12-24-13-17)15-27-19-10-4-5-11-20(19)28(16-22(27)30)23(31)26-18-8-2-1-3-9-18/h1-13H,14-16H2,(H,25,29)(H,26,31). The van der Waals surface area contributed by atoms with Gasteiger partial charge in [-0.05, 0) is 35.9 Å². The molecule has 156 valence electrons. The first kappa shape index (κ1) is 20.1. The van der Waals surface area contributed by atoms with E-state index in [0.29, 0.717) is 23.6 Å². The number of amides is 4. The van der Waals surface area contributed by atoms with Gasteiger partial charge in [0.2, 0.25) is 11.8 Å². The van der Waals surface area contributed by atoms with Crippen LogP contribution in [0.3, 0.4) is 0 Å². The van der Waals surface area contributed by atoms with Crippen molar-refractivity contribution < 1.29 is 14.4 Å². The van der Waals surface area contributed by atoms with Crippen molar-refractivity contribution in [3.8, 4) is 0 Å². The minimum Gasteiger partial charge on any atom is -0.350 e. The number of anilines is 3. The molecule has 0 fully saturated rings. The maximum absolute atomic E-state index is 12.8. The number of aromatic nitrogens is 1. The lowest BCUT2D eigenvalue weighted by Crippen LogP contribution is -2.51. The average molecular weight is 415 g/mol. The molecule has 0 spiro atoms. The number of fused-ring (bicyclic) bond motifs is 1. The number of hydrogen-bond donors (Lipinski definition) is 2. The zero-order valence-corrected chi connectivity index (χ0v) is 16.7. The highest BCUT2D eigenvalue weighted by molar-refractivity contribution is 6.14. The van der Waals surface area contributed by atoms with Crippen LogP contribution in [0.2, 0.25) is 0 Å². The van der Waals surface area contributed by atoms with Crippen LogP contribution in [0.4, 0.5) is 21.9 Å². The van der Waals surface area contributed by atoms with Gasteiger partial charge in [-0.25, -0.2) is 4.79 Å². The molecule has 0 unspecified atom stereocenters.